The number of anilines is 1. The number of sulfonamides is 1. The van der Waals surface area contributed by atoms with Gasteiger partial charge in [-0.1, -0.05) is 13.8 Å². The molecule has 1 aromatic rings. The number of amides is 2. The molecule has 0 spiro atoms. The lowest BCUT2D eigenvalue weighted by molar-refractivity contribution is -0.123. The number of aryl methyl sites for hydroxylation is 1. The third-order valence-electron chi connectivity index (χ3n) is 4.31. The second-order valence-corrected chi connectivity index (χ2v) is 9.17. The minimum Gasteiger partial charge on any atom is -0.479 e. The fraction of sp³-hybridized carbons (Fsp3) is 0.556. The topological polar surface area (TPSA) is 105 Å². The van der Waals surface area contributed by atoms with Crippen molar-refractivity contribution >= 4 is 27.5 Å². The molecule has 1 atom stereocenters. The van der Waals surface area contributed by atoms with E-state index in [0.29, 0.717) is 29.5 Å². The lowest BCUT2D eigenvalue weighted by Crippen LogP contribution is -2.39. The van der Waals surface area contributed by atoms with E-state index in [2.05, 4.69) is 10.6 Å². The van der Waals surface area contributed by atoms with Gasteiger partial charge < -0.3 is 15.4 Å². The summed E-state index contributed by atoms with van der Waals surface area (Å²) < 4.78 is 32.3. The molecular weight excluding hydrogens is 370 g/mol. The van der Waals surface area contributed by atoms with Crippen LogP contribution in [0.3, 0.4) is 0 Å². The molecule has 0 aromatic heterocycles. The van der Waals surface area contributed by atoms with Crippen LogP contribution in [0.2, 0.25) is 0 Å². The van der Waals surface area contributed by atoms with Gasteiger partial charge in [-0.15, -0.1) is 0 Å². The van der Waals surface area contributed by atoms with Crippen molar-refractivity contribution in [3.8, 4) is 5.75 Å². The Kier molecular flexibility index (Phi) is 6.48. The maximum atomic E-state index is 12.9. The van der Waals surface area contributed by atoms with Gasteiger partial charge in [-0.25, -0.2) is 8.42 Å². The van der Waals surface area contributed by atoms with Crippen molar-refractivity contribution in [3.63, 3.8) is 0 Å². The summed E-state index contributed by atoms with van der Waals surface area (Å²) >= 11 is 0. The smallest absolute Gasteiger partial charge is 0.265 e. The van der Waals surface area contributed by atoms with E-state index in [4.69, 9.17) is 4.74 Å². The van der Waals surface area contributed by atoms with E-state index in [9.17, 15) is 18.0 Å². The Balaban J connectivity index is 2.17. The van der Waals surface area contributed by atoms with Crippen LogP contribution in [0.25, 0.3) is 0 Å². The van der Waals surface area contributed by atoms with E-state index in [1.807, 2.05) is 13.8 Å². The van der Waals surface area contributed by atoms with Crippen molar-refractivity contribution in [1.82, 2.24) is 9.62 Å². The van der Waals surface area contributed by atoms with Gasteiger partial charge in [0.1, 0.15) is 5.75 Å². The molecule has 0 fully saturated rings. The molecule has 1 aliphatic heterocycles. The van der Waals surface area contributed by atoms with E-state index in [-0.39, 0.29) is 23.3 Å². The molecule has 2 rings (SSSR count). The zero-order valence-corrected chi connectivity index (χ0v) is 17.1. The van der Waals surface area contributed by atoms with E-state index in [0.717, 1.165) is 10.7 Å². The molecule has 0 aliphatic carbocycles. The van der Waals surface area contributed by atoms with Crippen molar-refractivity contribution in [3.05, 3.63) is 17.7 Å². The molecule has 2 N–H and O–H groups in total. The van der Waals surface area contributed by atoms with Crippen LogP contribution in [0.15, 0.2) is 17.0 Å². The highest BCUT2D eigenvalue weighted by atomic mass is 32.2. The van der Waals surface area contributed by atoms with Crippen LogP contribution in [-0.4, -0.2) is 50.8 Å². The maximum Gasteiger partial charge on any atom is 0.265 e. The first kappa shape index (κ1) is 21.2. The molecule has 1 aromatic carbocycles. The van der Waals surface area contributed by atoms with Gasteiger partial charge in [0.15, 0.2) is 6.10 Å². The summed E-state index contributed by atoms with van der Waals surface area (Å²) in [6.07, 6.45) is 0.119. The van der Waals surface area contributed by atoms with Crippen molar-refractivity contribution in [2.24, 2.45) is 5.92 Å². The van der Waals surface area contributed by atoms with Crippen molar-refractivity contribution in [2.45, 2.75) is 45.1 Å². The second kappa shape index (κ2) is 8.26. The third kappa shape index (κ3) is 4.98. The summed E-state index contributed by atoms with van der Waals surface area (Å²) in [6, 6.07) is 2.95. The molecule has 1 heterocycles. The molecule has 27 heavy (non-hydrogen) atoms. The zero-order chi connectivity index (χ0) is 20.4. The summed E-state index contributed by atoms with van der Waals surface area (Å²) in [7, 11) is -2.53. The monoisotopic (exact) mass is 397 g/mol. The van der Waals surface area contributed by atoms with Crippen LogP contribution in [-0.2, 0) is 19.6 Å². The SMILES string of the molecule is Cc1cc2c(cc1S(=O)(=O)N(C)CC(=O)NCCC(C)C)OC(C)C(=O)N2. The lowest BCUT2D eigenvalue weighted by Gasteiger charge is -2.25. The maximum absolute atomic E-state index is 12.9. The Bertz CT molecular complexity index is 836. The number of hydrogen-bond donors (Lipinski definition) is 2. The second-order valence-electron chi connectivity index (χ2n) is 7.16. The number of fused-ring (bicyclic) bond motifs is 1. The van der Waals surface area contributed by atoms with E-state index in [1.54, 1.807) is 19.9 Å². The molecule has 9 heteroatoms. The van der Waals surface area contributed by atoms with Gasteiger partial charge in [0, 0.05) is 19.7 Å². The number of benzene rings is 1. The van der Waals surface area contributed by atoms with Gasteiger partial charge in [0.2, 0.25) is 15.9 Å². The van der Waals surface area contributed by atoms with Crippen LogP contribution in [0, 0.1) is 12.8 Å². The average Bonchev–Trinajstić information content (AvgIpc) is 2.55. The van der Waals surface area contributed by atoms with Crippen molar-refractivity contribution in [2.75, 3.05) is 25.5 Å². The standard InChI is InChI=1S/C18H27N3O5S/c1-11(2)6-7-19-17(22)10-21(5)27(24,25)16-9-15-14(8-12(16)3)20-18(23)13(4)26-15/h8-9,11,13H,6-7,10H2,1-5H3,(H,19,22)(H,20,23). The summed E-state index contributed by atoms with van der Waals surface area (Å²) in [5.41, 5.74) is 0.892. The highest BCUT2D eigenvalue weighted by Crippen LogP contribution is 2.35. The van der Waals surface area contributed by atoms with E-state index in [1.165, 1.54) is 13.1 Å². The molecule has 0 saturated carbocycles. The molecule has 1 aliphatic rings. The molecular formula is C18H27N3O5S. The average molecular weight is 397 g/mol. The first-order valence-electron chi connectivity index (χ1n) is 8.87. The molecule has 2 amide bonds. The molecule has 0 saturated heterocycles. The Hall–Kier alpha value is -2.13. The summed E-state index contributed by atoms with van der Waals surface area (Å²) in [5, 5.41) is 5.41. The van der Waals surface area contributed by atoms with Crippen LogP contribution in [0.5, 0.6) is 5.75 Å². The number of carbonyl (C=O) groups is 2. The normalized spacial score (nSPS) is 16.7. The van der Waals surface area contributed by atoms with Crippen molar-refractivity contribution in [1.29, 1.82) is 0 Å². The molecule has 8 nitrogen and oxygen atoms in total. The molecule has 1 unspecified atom stereocenters. The number of nitrogens with one attached hydrogen (secondary N) is 2. The minimum absolute atomic E-state index is 0.0436. The Morgan fingerprint density at radius 2 is 2.04 bits per heavy atom. The summed E-state index contributed by atoms with van der Waals surface area (Å²) in [6.45, 7) is 7.55. The predicted molar refractivity (Wildman–Crippen MR) is 102 cm³/mol. The van der Waals surface area contributed by atoms with Gasteiger partial charge in [0.25, 0.3) is 5.91 Å². The zero-order valence-electron chi connectivity index (χ0n) is 16.3. The van der Waals surface area contributed by atoms with Gasteiger partial charge in [-0.3, -0.25) is 9.59 Å². The van der Waals surface area contributed by atoms with E-state index >= 15 is 0 Å². The molecule has 0 bridgehead atoms. The number of rotatable bonds is 7. The molecule has 0 radical (unpaired) electrons. The van der Waals surface area contributed by atoms with Crippen molar-refractivity contribution < 1.29 is 22.7 Å². The first-order chi connectivity index (χ1) is 12.5. The number of ether oxygens (including phenoxy) is 1. The quantitative estimate of drug-likeness (QED) is 0.725. The summed E-state index contributed by atoms with van der Waals surface area (Å²) in [4.78, 5) is 23.8. The minimum atomic E-state index is -3.89. The van der Waals surface area contributed by atoms with Gasteiger partial charge in [0.05, 0.1) is 17.1 Å². The Labute approximate surface area is 160 Å². The predicted octanol–water partition coefficient (Wildman–Crippen LogP) is 1.50. The highest BCUT2D eigenvalue weighted by Gasteiger charge is 2.29. The number of carbonyl (C=O) groups excluding carboxylic acids is 2. The Morgan fingerprint density at radius 3 is 2.67 bits per heavy atom. The largest absolute Gasteiger partial charge is 0.479 e. The molecule has 150 valence electrons. The van der Waals surface area contributed by atoms with Crippen LogP contribution in [0.4, 0.5) is 5.69 Å². The first-order valence-corrected chi connectivity index (χ1v) is 10.3. The number of nitrogens with zero attached hydrogens (tertiary/aromatic N) is 1. The fourth-order valence-electron chi connectivity index (χ4n) is 2.63. The third-order valence-corrected chi connectivity index (χ3v) is 6.25. The number of hydrogen-bond acceptors (Lipinski definition) is 5. The van der Waals surface area contributed by atoms with Gasteiger partial charge in [-0.2, -0.15) is 4.31 Å². The number of likely N-dealkylation sites (N-methyl/N-ethyl adjacent to an activating group) is 1. The van der Waals surface area contributed by atoms with Crippen LogP contribution in [0.1, 0.15) is 32.8 Å². The van der Waals surface area contributed by atoms with Crippen LogP contribution >= 0.6 is 0 Å². The van der Waals surface area contributed by atoms with E-state index < -0.39 is 16.1 Å². The van der Waals surface area contributed by atoms with Crippen LogP contribution < -0.4 is 15.4 Å². The van der Waals surface area contributed by atoms with Gasteiger partial charge in [-0.05, 0) is 37.8 Å². The highest BCUT2D eigenvalue weighted by molar-refractivity contribution is 7.89. The lowest BCUT2D eigenvalue weighted by atomic mass is 10.1. The Morgan fingerprint density at radius 1 is 1.37 bits per heavy atom. The summed E-state index contributed by atoms with van der Waals surface area (Å²) in [5.74, 6) is 0.107. The fourth-order valence-corrected chi connectivity index (χ4v) is 3.98. The van der Waals surface area contributed by atoms with Gasteiger partial charge >= 0.3 is 0 Å².